The number of rotatable bonds is 6. The molecule has 3 rings (SSSR count). The second-order valence-electron chi connectivity index (χ2n) is 5.88. The Morgan fingerprint density at radius 1 is 1.22 bits per heavy atom. The van der Waals surface area contributed by atoms with Crippen molar-refractivity contribution in [3.63, 3.8) is 0 Å². The molecule has 8 heteroatoms. The summed E-state index contributed by atoms with van der Waals surface area (Å²) >= 11 is 0. The van der Waals surface area contributed by atoms with E-state index in [2.05, 4.69) is 30.4 Å². The van der Waals surface area contributed by atoms with Crippen molar-refractivity contribution in [2.75, 3.05) is 57.3 Å². The molecule has 23 heavy (non-hydrogen) atoms. The van der Waals surface area contributed by atoms with Gasteiger partial charge in [0.05, 0.1) is 5.92 Å². The zero-order valence-electron chi connectivity index (χ0n) is 13.3. The third-order valence-electron chi connectivity index (χ3n) is 4.31. The summed E-state index contributed by atoms with van der Waals surface area (Å²) in [6.07, 6.45) is 4.58. The van der Waals surface area contributed by atoms with Crippen LogP contribution in [-0.2, 0) is 4.79 Å². The summed E-state index contributed by atoms with van der Waals surface area (Å²) in [6.45, 7) is 7.44. The van der Waals surface area contributed by atoms with Gasteiger partial charge < -0.3 is 15.5 Å². The van der Waals surface area contributed by atoms with Crippen LogP contribution in [0, 0.1) is 5.92 Å². The highest BCUT2D eigenvalue weighted by Crippen LogP contribution is 2.09. The molecular weight excluding hydrogens is 316 g/mol. The van der Waals surface area contributed by atoms with E-state index in [0.717, 1.165) is 64.7 Å². The predicted octanol–water partition coefficient (Wildman–Crippen LogP) is -0.254. The first-order valence-electron chi connectivity index (χ1n) is 8.05. The lowest BCUT2D eigenvalue weighted by Gasteiger charge is -2.34. The van der Waals surface area contributed by atoms with Gasteiger partial charge in [-0.1, -0.05) is 0 Å². The quantitative estimate of drug-likeness (QED) is 0.696. The molecule has 2 saturated heterocycles. The Morgan fingerprint density at radius 2 is 1.91 bits per heavy atom. The molecule has 1 amide bonds. The third kappa shape index (κ3) is 5.02. The molecule has 1 aromatic rings. The van der Waals surface area contributed by atoms with Gasteiger partial charge in [0.25, 0.3) is 0 Å². The fourth-order valence-electron chi connectivity index (χ4n) is 2.76. The van der Waals surface area contributed by atoms with E-state index in [1.54, 1.807) is 12.4 Å². The second kappa shape index (κ2) is 9.00. The van der Waals surface area contributed by atoms with E-state index in [4.69, 9.17) is 0 Å². The van der Waals surface area contributed by atoms with Gasteiger partial charge >= 0.3 is 0 Å². The number of nitrogens with zero attached hydrogens (tertiary/aromatic N) is 4. The maximum absolute atomic E-state index is 11.7. The van der Waals surface area contributed by atoms with Crippen molar-refractivity contribution in [3.8, 4) is 0 Å². The largest absolute Gasteiger partial charge is 0.356 e. The van der Waals surface area contributed by atoms with Crippen LogP contribution in [0.1, 0.15) is 6.42 Å². The Labute approximate surface area is 143 Å². The first kappa shape index (κ1) is 17.9. The Bertz CT molecular complexity index is 476. The van der Waals surface area contributed by atoms with Crippen LogP contribution in [-0.4, -0.2) is 73.1 Å². The van der Waals surface area contributed by atoms with Gasteiger partial charge in [0, 0.05) is 58.2 Å². The molecule has 7 nitrogen and oxygen atoms in total. The molecule has 128 valence electrons. The van der Waals surface area contributed by atoms with Crippen molar-refractivity contribution in [1.29, 1.82) is 0 Å². The van der Waals surface area contributed by atoms with Crippen LogP contribution in [0.2, 0.25) is 0 Å². The number of piperazine rings is 1. The van der Waals surface area contributed by atoms with Gasteiger partial charge in [-0.25, -0.2) is 9.97 Å². The normalized spacial score (nSPS) is 18.9. The standard InChI is InChI=1S/C15H24N6O.ClH/c22-14(13-11-16-12-13)17-5-2-6-20-7-9-21(10-8-20)15-18-3-1-4-19-15;/h1,3-4,13,16H,2,5-12H2,(H,17,22);1H. The van der Waals surface area contributed by atoms with Crippen LogP contribution in [0.25, 0.3) is 0 Å². The van der Waals surface area contributed by atoms with Crippen LogP contribution in [0.5, 0.6) is 0 Å². The summed E-state index contributed by atoms with van der Waals surface area (Å²) in [5.74, 6) is 1.21. The van der Waals surface area contributed by atoms with E-state index in [1.165, 1.54) is 0 Å². The highest BCUT2D eigenvalue weighted by Gasteiger charge is 2.24. The summed E-state index contributed by atoms with van der Waals surface area (Å²) in [5, 5.41) is 6.14. The summed E-state index contributed by atoms with van der Waals surface area (Å²) in [7, 11) is 0. The average Bonchev–Trinajstić information content (AvgIpc) is 2.51. The number of aromatic nitrogens is 2. The molecule has 0 bridgehead atoms. The monoisotopic (exact) mass is 340 g/mol. The highest BCUT2D eigenvalue weighted by atomic mass is 35.5. The van der Waals surface area contributed by atoms with Gasteiger partial charge in [0.1, 0.15) is 0 Å². The van der Waals surface area contributed by atoms with Gasteiger partial charge in [-0.3, -0.25) is 9.69 Å². The zero-order chi connectivity index (χ0) is 15.2. The van der Waals surface area contributed by atoms with E-state index in [9.17, 15) is 4.79 Å². The fraction of sp³-hybridized carbons (Fsp3) is 0.667. The smallest absolute Gasteiger partial charge is 0.225 e. The van der Waals surface area contributed by atoms with Crippen molar-refractivity contribution in [2.24, 2.45) is 5.92 Å². The number of hydrogen-bond donors (Lipinski definition) is 2. The lowest BCUT2D eigenvalue weighted by atomic mass is 10.0. The molecular formula is C15H25ClN6O. The molecule has 0 saturated carbocycles. The molecule has 0 atom stereocenters. The first-order valence-corrected chi connectivity index (χ1v) is 8.05. The predicted molar refractivity (Wildman–Crippen MR) is 91.9 cm³/mol. The van der Waals surface area contributed by atoms with Crippen molar-refractivity contribution >= 4 is 24.3 Å². The molecule has 2 aliphatic rings. The Balaban J connectivity index is 0.00000192. The summed E-state index contributed by atoms with van der Waals surface area (Å²) in [6, 6.07) is 1.84. The van der Waals surface area contributed by atoms with Gasteiger partial charge in [0.2, 0.25) is 11.9 Å². The highest BCUT2D eigenvalue weighted by molar-refractivity contribution is 5.85. The Hall–Kier alpha value is -1.44. The lowest BCUT2D eigenvalue weighted by molar-refractivity contribution is -0.126. The molecule has 3 heterocycles. The zero-order valence-corrected chi connectivity index (χ0v) is 14.1. The summed E-state index contributed by atoms with van der Waals surface area (Å²) < 4.78 is 0. The molecule has 0 unspecified atom stereocenters. The van der Waals surface area contributed by atoms with Crippen LogP contribution in [0.15, 0.2) is 18.5 Å². The second-order valence-corrected chi connectivity index (χ2v) is 5.88. The van der Waals surface area contributed by atoms with E-state index in [0.29, 0.717) is 0 Å². The van der Waals surface area contributed by atoms with Gasteiger partial charge in [-0.2, -0.15) is 0 Å². The van der Waals surface area contributed by atoms with Crippen LogP contribution < -0.4 is 15.5 Å². The number of nitrogens with one attached hydrogen (secondary N) is 2. The molecule has 1 aromatic heterocycles. The van der Waals surface area contributed by atoms with Gasteiger partial charge in [-0.15, -0.1) is 12.4 Å². The third-order valence-corrected chi connectivity index (χ3v) is 4.31. The molecule has 0 radical (unpaired) electrons. The van der Waals surface area contributed by atoms with Gasteiger partial charge in [-0.05, 0) is 19.0 Å². The average molecular weight is 341 g/mol. The number of amides is 1. The SMILES string of the molecule is Cl.O=C(NCCCN1CCN(c2ncccn2)CC1)C1CNC1. The van der Waals surface area contributed by atoms with E-state index < -0.39 is 0 Å². The number of carbonyl (C=O) groups is 1. The number of halogens is 1. The number of hydrogen-bond acceptors (Lipinski definition) is 6. The maximum atomic E-state index is 11.7. The Kier molecular flexibility index (Phi) is 7.01. The van der Waals surface area contributed by atoms with Crippen LogP contribution >= 0.6 is 12.4 Å². The molecule has 0 spiro atoms. The molecule has 0 aliphatic carbocycles. The molecule has 2 aliphatic heterocycles. The fourth-order valence-corrected chi connectivity index (χ4v) is 2.76. The van der Waals surface area contributed by atoms with Gasteiger partial charge in [0.15, 0.2) is 0 Å². The van der Waals surface area contributed by atoms with Crippen molar-refractivity contribution in [1.82, 2.24) is 25.5 Å². The minimum absolute atomic E-state index is 0. The summed E-state index contributed by atoms with van der Waals surface area (Å²) in [5.41, 5.74) is 0. The molecule has 2 N–H and O–H groups in total. The number of carbonyl (C=O) groups excluding carboxylic acids is 1. The van der Waals surface area contributed by atoms with E-state index >= 15 is 0 Å². The number of anilines is 1. The van der Waals surface area contributed by atoms with Crippen LogP contribution in [0.3, 0.4) is 0 Å². The van der Waals surface area contributed by atoms with Crippen molar-refractivity contribution in [3.05, 3.63) is 18.5 Å². The molecule has 2 fully saturated rings. The van der Waals surface area contributed by atoms with Crippen LogP contribution in [0.4, 0.5) is 5.95 Å². The summed E-state index contributed by atoms with van der Waals surface area (Å²) in [4.78, 5) is 24.9. The van der Waals surface area contributed by atoms with Crippen molar-refractivity contribution in [2.45, 2.75) is 6.42 Å². The molecule has 0 aromatic carbocycles. The van der Waals surface area contributed by atoms with Crippen molar-refractivity contribution < 1.29 is 4.79 Å². The van der Waals surface area contributed by atoms with E-state index in [-0.39, 0.29) is 24.2 Å². The minimum Gasteiger partial charge on any atom is -0.356 e. The first-order chi connectivity index (χ1) is 10.8. The Morgan fingerprint density at radius 3 is 2.52 bits per heavy atom. The van der Waals surface area contributed by atoms with E-state index in [1.807, 2.05) is 6.07 Å². The lowest BCUT2D eigenvalue weighted by Crippen LogP contribution is -2.51. The maximum Gasteiger partial charge on any atom is 0.225 e. The minimum atomic E-state index is 0. The topological polar surface area (TPSA) is 73.4 Å².